The number of aromatic hydroxyl groups is 1. The molecule has 2 aromatic rings. The van der Waals surface area contributed by atoms with E-state index in [-0.39, 0.29) is 11.4 Å². The third kappa shape index (κ3) is 3.15. The molecule has 0 spiro atoms. The average molecular weight is 316 g/mol. The zero-order valence-corrected chi connectivity index (χ0v) is 12.0. The molecular weight excluding hydrogens is 300 g/mol. The average Bonchev–Trinajstić information content (AvgIpc) is 2.53. The Labute approximate surface area is 131 Å². The van der Waals surface area contributed by atoms with Crippen LogP contribution in [0.15, 0.2) is 42.5 Å². The Kier molecular flexibility index (Phi) is 4.35. The zero-order chi connectivity index (χ0) is 17.1. The third-order valence-corrected chi connectivity index (χ3v) is 3.17. The number of primary amides is 2. The fourth-order valence-electron chi connectivity index (χ4n) is 2.04. The second-order valence-corrected chi connectivity index (χ2v) is 4.64. The lowest BCUT2D eigenvalue weighted by atomic mass is 10.0. The fraction of sp³-hybridized carbons (Fsp3) is 0. The van der Waals surface area contributed by atoms with Crippen LogP contribution in [0.1, 0.15) is 0 Å². The number of nitrogens with zero attached hydrogens (tertiary/aromatic N) is 2. The molecule has 120 valence electrons. The Morgan fingerprint density at radius 3 is 1.91 bits per heavy atom. The molecule has 4 amide bonds. The van der Waals surface area contributed by atoms with Gasteiger partial charge in [-0.3, -0.25) is 0 Å². The summed E-state index contributed by atoms with van der Waals surface area (Å²) < 4.78 is 0. The van der Waals surface area contributed by atoms with Gasteiger partial charge >= 0.3 is 12.1 Å². The standard InChI is InChI=1S/C14H16N6O3/c15-13(22)19(17)10-7-12(21)11(20(18)14(16)23)6-9(10)8-4-2-1-3-5-8/h1-7,21H,17-18H2,(H2,15,22)(H2,16,23). The number of rotatable bonds is 3. The molecule has 2 rings (SSSR count). The van der Waals surface area contributed by atoms with Crippen LogP contribution in [0.25, 0.3) is 11.1 Å². The summed E-state index contributed by atoms with van der Waals surface area (Å²) in [5, 5.41) is 11.3. The van der Waals surface area contributed by atoms with Crippen molar-refractivity contribution in [1.29, 1.82) is 0 Å². The van der Waals surface area contributed by atoms with E-state index in [1.807, 2.05) is 0 Å². The van der Waals surface area contributed by atoms with Crippen LogP contribution in [0.2, 0.25) is 0 Å². The predicted octanol–water partition coefficient (Wildman–Crippen LogP) is 0.577. The molecule has 0 bridgehead atoms. The summed E-state index contributed by atoms with van der Waals surface area (Å²) in [6.07, 6.45) is 0. The number of benzene rings is 2. The molecule has 9 nitrogen and oxygen atoms in total. The number of anilines is 2. The number of phenols is 1. The van der Waals surface area contributed by atoms with Gasteiger partial charge in [0.1, 0.15) is 11.4 Å². The summed E-state index contributed by atoms with van der Waals surface area (Å²) in [6.45, 7) is 0. The zero-order valence-electron chi connectivity index (χ0n) is 12.0. The number of hydrazine groups is 2. The lowest BCUT2D eigenvalue weighted by Crippen LogP contribution is -2.43. The minimum absolute atomic E-state index is 0.0435. The highest BCUT2D eigenvalue weighted by atomic mass is 16.3. The van der Waals surface area contributed by atoms with Crippen LogP contribution < -0.4 is 33.2 Å². The number of amides is 4. The Morgan fingerprint density at radius 1 is 0.870 bits per heavy atom. The number of carbonyl (C=O) groups excluding carboxylic acids is 2. The van der Waals surface area contributed by atoms with E-state index in [0.717, 1.165) is 0 Å². The van der Waals surface area contributed by atoms with Crippen molar-refractivity contribution in [2.45, 2.75) is 0 Å². The minimum Gasteiger partial charge on any atom is -0.506 e. The van der Waals surface area contributed by atoms with Gasteiger partial charge in [-0.1, -0.05) is 30.3 Å². The number of urea groups is 2. The lowest BCUT2D eigenvalue weighted by Gasteiger charge is -2.22. The maximum absolute atomic E-state index is 11.4. The first-order valence-corrected chi connectivity index (χ1v) is 6.44. The maximum atomic E-state index is 11.4. The van der Waals surface area contributed by atoms with Crippen LogP contribution in [-0.4, -0.2) is 17.2 Å². The van der Waals surface area contributed by atoms with E-state index < -0.39 is 17.8 Å². The van der Waals surface area contributed by atoms with Gasteiger partial charge in [0, 0.05) is 11.6 Å². The summed E-state index contributed by atoms with van der Waals surface area (Å²) in [4.78, 5) is 22.6. The monoisotopic (exact) mass is 316 g/mol. The molecule has 0 saturated carbocycles. The SMILES string of the molecule is NC(=O)N(N)c1cc(-c2ccccc2)c(N(N)C(N)=O)cc1O. The molecule has 0 atom stereocenters. The van der Waals surface area contributed by atoms with Crippen LogP contribution in [0.3, 0.4) is 0 Å². The van der Waals surface area contributed by atoms with Gasteiger partial charge in [-0.05, 0) is 11.6 Å². The van der Waals surface area contributed by atoms with Gasteiger partial charge in [-0.2, -0.15) is 0 Å². The number of hydrogen-bond acceptors (Lipinski definition) is 5. The summed E-state index contributed by atoms with van der Waals surface area (Å²) in [5.41, 5.74) is 11.5. The smallest absolute Gasteiger partial charge is 0.333 e. The van der Waals surface area contributed by atoms with Crippen LogP contribution in [0.4, 0.5) is 21.0 Å². The lowest BCUT2D eigenvalue weighted by molar-refractivity contribution is 0.253. The van der Waals surface area contributed by atoms with Gasteiger partial charge in [0.15, 0.2) is 0 Å². The van der Waals surface area contributed by atoms with E-state index in [0.29, 0.717) is 21.1 Å². The van der Waals surface area contributed by atoms with Crippen molar-refractivity contribution >= 4 is 23.4 Å². The number of nitrogens with two attached hydrogens (primary N) is 4. The Bertz CT molecular complexity index is 750. The van der Waals surface area contributed by atoms with Gasteiger partial charge in [0.25, 0.3) is 0 Å². The van der Waals surface area contributed by atoms with E-state index in [9.17, 15) is 14.7 Å². The molecule has 0 saturated heterocycles. The molecule has 0 aliphatic carbocycles. The van der Waals surface area contributed by atoms with Crippen LogP contribution in [0, 0.1) is 0 Å². The van der Waals surface area contributed by atoms with E-state index in [2.05, 4.69) is 0 Å². The molecule has 0 heterocycles. The summed E-state index contributed by atoms with van der Waals surface area (Å²) in [5.74, 6) is 10.8. The second kappa shape index (κ2) is 6.22. The quantitative estimate of drug-likeness (QED) is 0.317. The highest BCUT2D eigenvalue weighted by Gasteiger charge is 2.21. The molecule has 0 fully saturated rings. The van der Waals surface area contributed by atoms with Gasteiger partial charge in [-0.15, -0.1) is 0 Å². The van der Waals surface area contributed by atoms with Gasteiger partial charge in [0.05, 0.1) is 5.69 Å². The largest absolute Gasteiger partial charge is 0.506 e. The van der Waals surface area contributed by atoms with Gasteiger partial charge in [-0.25, -0.2) is 31.3 Å². The summed E-state index contributed by atoms with van der Waals surface area (Å²) >= 11 is 0. The summed E-state index contributed by atoms with van der Waals surface area (Å²) in [6, 6.07) is 9.51. The molecule has 2 aromatic carbocycles. The van der Waals surface area contributed by atoms with Crippen molar-refractivity contribution in [3.63, 3.8) is 0 Å². The van der Waals surface area contributed by atoms with Crippen molar-refractivity contribution in [3.8, 4) is 16.9 Å². The molecule has 23 heavy (non-hydrogen) atoms. The molecule has 9 N–H and O–H groups in total. The molecule has 9 heteroatoms. The van der Waals surface area contributed by atoms with Gasteiger partial charge in [0.2, 0.25) is 0 Å². The topological polar surface area (TPSA) is 165 Å². The van der Waals surface area contributed by atoms with Crippen LogP contribution >= 0.6 is 0 Å². The molecule has 0 aliphatic rings. The molecular formula is C14H16N6O3. The van der Waals surface area contributed by atoms with Crippen molar-refractivity contribution in [3.05, 3.63) is 42.5 Å². The number of carbonyl (C=O) groups is 2. The molecule has 0 aliphatic heterocycles. The Balaban J connectivity index is 2.70. The van der Waals surface area contributed by atoms with Crippen molar-refractivity contribution < 1.29 is 14.7 Å². The van der Waals surface area contributed by atoms with E-state index in [1.165, 1.54) is 12.1 Å². The Morgan fingerprint density at radius 2 is 1.39 bits per heavy atom. The van der Waals surface area contributed by atoms with Crippen LogP contribution in [-0.2, 0) is 0 Å². The number of phenolic OH excluding ortho intramolecular Hbond substituents is 1. The van der Waals surface area contributed by atoms with Crippen molar-refractivity contribution in [1.82, 2.24) is 0 Å². The summed E-state index contributed by atoms with van der Waals surface area (Å²) in [7, 11) is 0. The van der Waals surface area contributed by atoms with Crippen molar-refractivity contribution in [2.24, 2.45) is 23.2 Å². The van der Waals surface area contributed by atoms with Crippen LogP contribution in [0.5, 0.6) is 5.75 Å². The molecule has 0 aromatic heterocycles. The first-order valence-electron chi connectivity index (χ1n) is 6.44. The van der Waals surface area contributed by atoms with Gasteiger partial charge < -0.3 is 16.6 Å². The number of hydrogen-bond donors (Lipinski definition) is 5. The maximum Gasteiger partial charge on any atom is 0.333 e. The molecule has 0 radical (unpaired) electrons. The normalized spacial score (nSPS) is 10.2. The first kappa shape index (κ1) is 16.1. The third-order valence-electron chi connectivity index (χ3n) is 3.17. The van der Waals surface area contributed by atoms with Crippen molar-refractivity contribution in [2.75, 3.05) is 10.0 Å². The predicted molar refractivity (Wildman–Crippen MR) is 86.0 cm³/mol. The first-order chi connectivity index (χ1) is 10.8. The molecule has 0 unspecified atom stereocenters. The van der Waals surface area contributed by atoms with E-state index >= 15 is 0 Å². The van der Waals surface area contributed by atoms with E-state index in [4.69, 9.17) is 23.2 Å². The highest BCUT2D eigenvalue weighted by molar-refractivity contribution is 5.99. The fourth-order valence-corrected chi connectivity index (χ4v) is 2.04. The minimum atomic E-state index is -0.966. The van der Waals surface area contributed by atoms with E-state index in [1.54, 1.807) is 30.3 Å². The second-order valence-electron chi connectivity index (χ2n) is 4.64. The Hall–Kier alpha value is -3.30. The highest BCUT2D eigenvalue weighted by Crippen LogP contribution is 2.39.